The van der Waals surface area contributed by atoms with E-state index in [4.69, 9.17) is 22.7 Å². The third kappa shape index (κ3) is 5.29. The van der Waals surface area contributed by atoms with E-state index < -0.39 is 0 Å². The fraction of sp³-hybridized carbons (Fsp3) is 0.588. The van der Waals surface area contributed by atoms with Crippen LogP contribution in [0.25, 0.3) is 0 Å². The molecule has 21 heavy (non-hydrogen) atoms. The zero-order valence-corrected chi connectivity index (χ0v) is 13.9. The van der Waals surface area contributed by atoms with E-state index in [1.807, 2.05) is 24.3 Å². The lowest BCUT2D eigenvalue weighted by atomic mass is 9.85. The smallest absolute Gasteiger partial charge is 0.120 e. The van der Waals surface area contributed by atoms with Gasteiger partial charge in [0.25, 0.3) is 0 Å². The number of ether oxygens (including phenoxy) is 1. The Hall–Kier alpha value is -1.13. The van der Waals surface area contributed by atoms with Crippen molar-refractivity contribution in [3.05, 3.63) is 29.8 Å². The van der Waals surface area contributed by atoms with Crippen molar-refractivity contribution in [2.75, 3.05) is 26.2 Å². The second-order valence-corrected chi connectivity index (χ2v) is 7.04. The number of thiocarbonyl (C=S) groups is 1. The summed E-state index contributed by atoms with van der Waals surface area (Å²) in [5, 5.41) is 0. The van der Waals surface area contributed by atoms with Gasteiger partial charge in [-0.3, -0.25) is 4.90 Å². The zero-order chi connectivity index (χ0) is 15.3. The highest BCUT2D eigenvalue weighted by Gasteiger charge is 2.22. The summed E-state index contributed by atoms with van der Waals surface area (Å²) < 4.78 is 5.84. The highest BCUT2D eigenvalue weighted by Crippen LogP contribution is 2.29. The second kappa shape index (κ2) is 7.23. The van der Waals surface area contributed by atoms with Crippen LogP contribution in [0.1, 0.15) is 38.7 Å². The first-order valence-corrected chi connectivity index (χ1v) is 8.12. The number of benzene rings is 1. The first-order chi connectivity index (χ1) is 9.96. The van der Waals surface area contributed by atoms with Crippen molar-refractivity contribution >= 4 is 17.2 Å². The summed E-state index contributed by atoms with van der Waals surface area (Å²) in [6, 6.07) is 7.70. The number of rotatable bonds is 5. The quantitative estimate of drug-likeness (QED) is 0.848. The molecule has 1 aromatic rings. The van der Waals surface area contributed by atoms with Crippen molar-refractivity contribution in [1.82, 2.24) is 4.90 Å². The second-order valence-electron chi connectivity index (χ2n) is 6.60. The summed E-state index contributed by atoms with van der Waals surface area (Å²) in [4.78, 5) is 2.92. The number of nitrogens with zero attached hydrogens (tertiary/aromatic N) is 1. The van der Waals surface area contributed by atoms with Crippen molar-refractivity contribution in [3.63, 3.8) is 0 Å². The molecule has 0 amide bonds. The summed E-state index contributed by atoms with van der Waals surface area (Å²) in [6.45, 7) is 8.78. The van der Waals surface area contributed by atoms with Gasteiger partial charge in [0, 0.05) is 12.1 Å². The van der Waals surface area contributed by atoms with Crippen LogP contribution in [-0.4, -0.2) is 36.1 Å². The van der Waals surface area contributed by atoms with E-state index in [0.29, 0.717) is 17.0 Å². The van der Waals surface area contributed by atoms with Crippen LogP contribution in [0.15, 0.2) is 24.3 Å². The van der Waals surface area contributed by atoms with Crippen molar-refractivity contribution in [1.29, 1.82) is 0 Å². The molecule has 0 atom stereocenters. The Morgan fingerprint density at radius 2 is 2.14 bits per heavy atom. The van der Waals surface area contributed by atoms with E-state index in [9.17, 15) is 0 Å². The molecule has 1 aliphatic heterocycles. The van der Waals surface area contributed by atoms with Gasteiger partial charge < -0.3 is 10.5 Å². The van der Waals surface area contributed by atoms with Crippen molar-refractivity contribution < 1.29 is 4.74 Å². The maximum atomic E-state index is 5.84. The Kier molecular flexibility index (Phi) is 5.59. The summed E-state index contributed by atoms with van der Waals surface area (Å²) in [5.41, 5.74) is 6.99. The minimum atomic E-state index is 0.412. The minimum Gasteiger partial charge on any atom is -0.492 e. The fourth-order valence-electron chi connectivity index (χ4n) is 2.73. The van der Waals surface area contributed by atoms with Crippen LogP contribution in [0.3, 0.4) is 0 Å². The summed E-state index contributed by atoms with van der Waals surface area (Å²) in [7, 11) is 0. The van der Waals surface area contributed by atoms with Crippen molar-refractivity contribution in [2.24, 2.45) is 11.1 Å². The lowest BCUT2D eigenvalue weighted by molar-refractivity contribution is 0.207. The molecular weight excluding hydrogens is 280 g/mol. The van der Waals surface area contributed by atoms with Gasteiger partial charge in [0.15, 0.2) is 0 Å². The lowest BCUT2D eigenvalue weighted by Gasteiger charge is -2.23. The number of nitrogens with two attached hydrogens (primary N) is 1. The van der Waals surface area contributed by atoms with Crippen LogP contribution < -0.4 is 10.5 Å². The monoisotopic (exact) mass is 306 g/mol. The van der Waals surface area contributed by atoms with Crippen LogP contribution in [0.5, 0.6) is 5.75 Å². The maximum Gasteiger partial charge on any atom is 0.120 e. The molecule has 0 bridgehead atoms. The molecular formula is C17H26N2OS. The van der Waals surface area contributed by atoms with Gasteiger partial charge >= 0.3 is 0 Å². The molecule has 1 heterocycles. The van der Waals surface area contributed by atoms with E-state index in [-0.39, 0.29) is 0 Å². The molecule has 1 saturated heterocycles. The predicted molar refractivity (Wildman–Crippen MR) is 91.9 cm³/mol. The number of hydrogen-bond donors (Lipinski definition) is 1. The lowest BCUT2D eigenvalue weighted by Crippen LogP contribution is -2.30. The molecule has 1 aliphatic rings. The molecule has 116 valence electrons. The van der Waals surface area contributed by atoms with Crippen molar-refractivity contribution in [3.8, 4) is 5.75 Å². The standard InChI is InChI=1S/C17H26N2OS/c1-17(2)7-4-9-19(10-8-17)11-12-20-15-6-3-5-14(13-15)16(18)21/h3,5-6,13H,4,7-12H2,1-2H3,(H2,18,21). The summed E-state index contributed by atoms with van der Waals surface area (Å²) >= 11 is 4.99. The Labute approximate surface area is 133 Å². The van der Waals surface area contributed by atoms with E-state index >= 15 is 0 Å². The first-order valence-electron chi connectivity index (χ1n) is 7.71. The molecule has 2 rings (SSSR count). The molecule has 1 aromatic carbocycles. The Bertz CT molecular complexity index is 487. The first kappa shape index (κ1) is 16.2. The van der Waals surface area contributed by atoms with E-state index in [2.05, 4.69) is 18.7 Å². The van der Waals surface area contributed by atoms with Gasteiger partial charge in [-0.25, -0.2) is 0 Å². The molecule has 1 fully saturated rings. The van der Waals surface area contributed by atoms with Crippen LogP contribution in [0.4, 0.5) is 0 Å². The van der Waals surface area contributed by atoms with Crippen LogP contribution in [0, 0.1) is 5.41 Å². The Morgan fingerprint density at radius 1 is 1.33 bits per heavy atom. The van der Waals surface area contributed by atoms with E-state index in [1.165, 1.54) is 32.4 Å². The third-order valence-electron chi connectivity index (χ3n) is 4.23. The summed E-state index contributed by atoms with van der Waals surface area (Å²) in [5.74, 6) is 0.843. The fourth-order valence-corrected chi connectivity index (χ4v) is 2.86. The third-order valence-corrected chi connectivity index (χ3v) is 4.46. The molecule has 3 nitrogen and oxygen atoms in total. The molecule has 0 saturated carbocycles. The SMILES string of the molecule is CC1(C)CCCN(CCOc2cccc(C(N)=S)c2)CC1. The van der Waals surface area contributed by atoms with Gasteiger partial charge in [0.1, 0.15) is 17.3 Å². The van der Waals surface area contributed by atoms with Crippen LogP contribution in [-0.2, 0) is 0 Å². The van der Waals surface area contributed by atoms with Gasteiger partial charge in [-0.15, -0.1) is 0 Å². The van der Waals surface area contributed by atoms with Gasteiger partial charge in [-0.05, 0) is 49.9 Å². The molecule has 0 aromatic heterocycles. The molecule has 0 unspecified atom stereocenters. The Balaban J connectivity index is 1.79. The predicted octanol–water partition coefficient (Wildman–Crippen LogP) is 3.21. The average Bonchev–Trinajstić information content (AvgIpc) is 2.60. The Morgan fingerprint density at radius 3 is 2.90 bits per heavy atom. The van der Waals surface area contributed by atoms with Crippen molar-refractivity contribution in [2.45, 2.75) is 33.1 Å². The van der Waals surface area contributed by atoms with Crippen LogP contribution >= 0.6 is 12.2 Å². The molecule has 0 spiro atoms. The van der Waals surface area contributed by atoms with Gasteiger partial charge in [-0.1, -0.05) is 38.2 Å². The zero-order valence-electron chi connectivity index (χ0n) is 13.1. The molecule has 0 aliphatic carbocycles. The molecule has 2 N–H and O–H groups in total. The number of likely N-dealkylation sites (tertiary alicyclic amines) is 1. The minimum absolute atomic E-state index is 0.412. The van der Waals surface area contributed by atoms with Gasteiger partial charge in [-0.2, -0.15) is 0 Å². The maximum absolute atomic E-state index is 5.84. The average molecular weight is 306 g/mol. The summed E-state index contributed by atoms with van der Waals surface area (Å²) in [6.07, 6.45) is 3.87. The number of hydrogen-bond acceptors (Lipinski definition) is 3. The molecule has 4 heteroatoms. The highest BCUT2D eigenvalue weighted by atomic mass is 32.1. The van der Waals surface area contributed by atoms with E-state index in [1.54, 1.807) is 0 Å². The molecule has 0 radical (unpaired) electrons. The largest absolute Gasteiger partial charge is 0.492 e. The normalized spacial score (nSPS) is 19.0. The highest BCUT2D eigenvalue weighted by molar-refractivity contribution is 7.80. The van der Waals surface area contributed by atoms with Gasteiger partial charge in [0.05, 0.1) is 0 Å². The van der Waals surface area contributed by atoms with E-state index in [0.717, 1.165) is 17.9 Å². The topological polar surface area (TPSA) is 38.5 Å². The van der Waals surface area contributed by atoms with Crippen LogP contribution in [0.2, 0.25) is 0 Å². The van der Waals surface area contributed by atoms with Gasteiger partial charge in [0.2, 0.25) is 0 Å².